The van der Waals surface area contributed by atoms with Crippen molar-refractivity contribution in [1.82, 2.24) is 19.7 Å². The van der Waals surface area contributed by atoms with Crippen molar-refractivity contribution in [3.8, 4) is 0 Å². The maximum absolute atomic E-state index is 12.7. The molecular weight excluding hydrogens is 384 g/mol. The van der Waals surface area contributed by atoms with Crippen LogP contribution >= 0.6 is 11.3 Å². The van der Waals surface area contributed by atoms with Gasteiger partial charge in [-0.3, -0.25) is 14.5 Å². The molecule has 0 unspecified atom stereocenters. The van der Waals surface area contributed by atoms with Gasteiger partial charge in [0, 0.05) is 45.7 Å². The summed E-state index contributed by atoms with van der Waals surface area (Å²) in [5.41, 5.74) is 1.05. The summed E-state index contributed by atoms with van der Waals surface area (Å²) in [6, 6.07) is 8.17. The number of aromatic nitrogens is 1. The van der Waals surface area contributed by atoms with Crippen molar-refractivity contribution in [3.05, 3.63) is 29.3 Å². The number of hydrogen-bond acceptors (Lipinski definition) is 5. The van der Waals surface area contributed by atoms with Crippen LogP contribution in [-0.2, 0) is 16.0 Å². The number of thiazole rings is 1. The van der Waals surface area contributed by atoms with Gasteiger partial charge < -0.3 is 9.80 Å². The predicted octanol–water partition coefficient (Wildman–Crippen LogP) is 3.02. The van der Waals surface area contributed by atoms with Crippen molar-refractivity contribution in [1.29, 1.82) is 0 Å². The minimum Gasteiger partial charge on any atom is -0.342 e. The molecule has 1 aliphatic heterocycles. The van der Waals surface area contributed by atoms with Crippen LogP contribution in [0.1, 0.15) is 38.1 Å². The topological polar surface area (TPSA) is 56.8 Å². The third-order valence-corrected chi connectivity index (χ3v) is 6.63. The van der Waals surface area contributed by atoms with Crippen LogP contribution in [0, 0.1) is 0 Å². The number of rotatable bonds is 8. The van der Waals surface area contributed by atoms with Crippen LogP contribution in [0.25, 0.3) is 10.2 Å². The SMILES string of the molecule is CCN(CC)C(=O)CN1CCCN(C(=O)CCCc2nc3ccccc3s2)CC1. The summed E-state index contributed by atoms with van der Waals surface area (Å²) in [5.74, 6) is 0.411. The lowest BCUT2D eigenvalue weighted by Crippen LogP contribution is -2.42. The van der Waals surface area contributed by atoms with E-state index in [1.807, 2.05) is 41.8 Å². The molecular formula is C22H32N4O2S. The van der Waals surface area contributed by atoms with Crippen molar-refractivity contribution < 1.29 is 9.59 Å². The zero-order valence-electron chi connectivity index (χ0n) is 17.6. The fourth-order valence-corrected chi connectivity index (χ4v) is 4.83. The Kier molecular flexibility index (Phi) is 8.00. The Balaban J connectivity index is 1.42. The van der Waals surface area contributed by atoms with Gasteiger partial charge in [0.15, 0.2) is 0 Å². The van der Waals surface area contributed by atoms with Crippen LogP contribution in [0.4, 0.5) is 0 Å². The van der Waals surface area contributed by atoms with Gasteiger partial charge in [0.1, 0.15) is 0 Å². The van der Waals surface area contributed by atoms with Gasteiger partial charge in [-0.1, -0.05) is 12.1 Å². The van der Waals surface area contributed by atoms with Crippen LogP contribution in [0.2, 0.25) is 0 Å². The molecule has 1 fully saturated rings. The zero-order valence-corrected chi connectivity index (χ0v) is 18.4. The summed E-state index contributed by atoms with van der Waals surface area (Å²) in [4.78, 5) is 35.7. The Morgan fingerprint density at radius 3 is 2.66 bits per heavy atom. The molecule has 2 aromatic rings. The molecule has 7 heteroatoms. The molecule has 158 valence electrons. The molecule has 1 aliphatic rings. The molecule has 2 heterocycles. The third kappa shape index (κ3) is 6.00. The van der Waals surface area contributed by atoms with Crippen LogP contribution in [0.5, 0.6) is 0 Å². The quantitative estimate of drug-likeness (QED) is 0.664. The number of carbonyl (C=O) groups is 2. The number of aryl methyl sites for hydroxylation is 1. The van der Waals surface area contributed by atoms with E-state index in [-0.39, 0.29) is 11.8 Å². The number of benzene rings is 1. The first-order chi connectivity index (χ1) is 14.1. The summed E-state index contributed by atoms with van der Waals surface area (Å²) in [5, 5.41) is 1.11. The number of amides is 2. The molecule has 0 spiro atoms. The van der Waals surface area contributed by atoms with Crippen molar-refractivity contribution in [2.24, 2.45) is 0 Å². The maximum Gasteiger partial charge on any atom is 0.236 e. The van der Waals surface area contributed by atoms with Crippen molar-refractivity contribution in [2.75, 3.05) is 45.8 Å². The van der Waals surface area contributed by atoms with E-state index in [0.717, 1.165) is 62.5 Å². The van der Waals surface area contributed by atoms with Crippen LogP contribution in [0.3, 0.4) is 0 Å². The minimum atomic E-state index is 0.186. The fourth-order valence-electron chi connectivity index (χ4n) is 3.82. The Hall–Kier alpha value is -1.99. The minimum absolute atomic E-state index is 0.186. The normalized spacial score (nSPS) is 15.4. The molecule has 1 aromatic carbocycles. The van der Waals surface area contributed by atoms with E-state index >= 15 is 0 Å². The smallest absolute Gasteiger partial charge is 0.236 e. The standard InChI is InChI=1S/C22H32N4O2S/c1-3-25(4-2)22(28)17-24-13-8-14-26(16-15-24)21(27)12-7-11-20-23-18-9-5-6-10-19(18)29-20/h5-6,9-10H,3-4,7-8,11-17H2,1-2H3. The Morgan fingerprint density at radius 1 is 1.10 bits per heavy atom. The molecule has 0 saturated carbocycles. The first-order valence-corrected chi connectivity index (χ1v) is 11.5. The van der Waals surface area contributed by atoms with Gasteiger partial charge in [0.25, 0.3) is 0 Å². The van der Waals surface area contributed by atoms with E-state index in [4.69, 9.17) is 0 Å². The van der Waals surface area contributed by atoms with Gasteiger partial charge >= 0.3 is 0 Å². The lowest BCUT2D eigenvalue weighted by molar-refractivity contribution is -0.132. The molecule has 1 aromatic heterocycles. The van der Waals surface area contributed by atoms with E-state index in [0.29, 0.717) is 19.5 Å². The van der Waals surface area contributed by atoms with Crippen LogP contribution in [-0.4, -0.2) is 77.3 Å². The summed E-state index contributed by atoms with van der Waals surface area (Å²) < 4.78 is 1.21. The number of nitrogens with zero attached hydrogens (tertiary/aromatic N) is 4. The third-order valence-electron chi connectivity index (χ3n) is 5.54. The first kappa shape index (κ1) is 21.7. The van der Waals surface area contributed by atoms with Gasteiger partial charge in [0.05, 0.1) is 21.8 Å². The highest BCUT2D eigenvalue weighted by atomic mass is 32.1. The highest BCUT2D eigenvalue weighted by Crippen LogP contribution is 2.22. The van der Waals surface area contributed by atoms with Gasteiger partial charge in [-0.25, -0.2) is 4.98 Å². The van der Waals surface area contributed by atoms with Crippen molar-refractivity contribution in [3.63, 3.8) is 0 Å². The van der Waals surface area contributed by atoms with E-state index in [9.17, 15) is 9.59 Å². The van der Waals surface area contributed by atoms with Gasteiger partial charge in [-0.2, -0.15) is 0 Å². The van der Waals surface area contributed by atoms with Gasteiger partial charge in [-0.15, -0.1) is 11.3 Å². The Morgan fingerprint density at radius 2 is 1.90 bits per heavy atom. The highest BCUT2D eigenvalue weighted by Gasteiger charge is 2.21. The monoisotopic (exact) mass is 416 g/mol. The average molecular weight is 417 g/mol. The van der Waals surface area contributed by atoms with Gasteiger partial charge in [0.2, 0.25) is 11.8 Å². The Labute approximate surface area is 177 Å². The summed E-state index contributed by atoms with van der Waals surface area (Å²) in [6.45, 7) is 9.14. The zero-order chi connectivity index (χ0) is 20.6. The lowest BCUT2D eigenvalue weighted by atomic mass is 10.2. The van der Waals surface area contributed by atoms with Gasteiger partial charge in [-0.05, 0) is 45.2 Å². The average Bonchev–Trinajstić information content (AvgIpc) is 2.99. The molecule has 0 atom stereocenters. The van der Waals surface area contributed by atoms with E-state index in [1.54, 1.807) is 11.3 Å². The fraction of sp³-hybridized carbons (Fsp3) is 0.591. The predicted molar refractivity (Wildman–Crippen MR) is 118 cm³/mol. The van der Waals surface area contributed by atoms with Crippen molar-refractivity contribution in [2.45, 2.75) is 39.5 Å². The molecule has 0 N–H and O–H groups in total. The Bertz CT molecular complexity index is 785. The second kappa shape index (κ2) is 10.7. The maximum atomic E-state index is 12.7. The van der Waals surface area contributed by atoms with Crippen LogP contribution in [0.15, 0.2) is 24.3 Å². The largest absolute Gasteiger partial charge is 0.342 e. The second-order valence-corrected chi connectivity index (χ2v) is 8.62. The molecule has 3 rings (SSSR count). The number of hydrogen-bond donors (Lipinski definition) is 0. The molecule has 1 saturated heterocycles. The molecule has 6 nitrogen and oxygen atoms in total. The molecule has 0 aliphatic carbocycles. The van der Waals surface area contributed by atoms with Crippen molar-refractivity contribution >= 4 is 33.4 Å². The summed E-state index contributed by atoms with van der Waals surface area (Å²) in [7, 11) is 0. The van der Waals surface area contributed by atoms with Crippen LogP contribution < -0.4 is 0 Å². The lowest BCUT2D eigenvalue weighted by Gasteiger charge is -2.25. The number of carbonyl (C=O) groups excluding carboxylic acids is 2. The first-order valence-electron chi connectivity index (χ1n) is 10.7. The molecule has 0 radical (unpaired) electrons. The van der Waals surface area contributed by atoms with E-state index < -0.39 is 0 Å². The highest BCUT2D eigenvalue weighted by molar-refractivity contribution is 7.18. The number of para-hydroxylation sites is 1. The molecule has 0 bridgehead atoms. The van der Waals surface area contributed by atoms with E-state index in [2.05, 4.69) is 16.0 Å². The molecule has 2 amide bonds. The number of likely N-dealkylation sites (N-methyl/N-ethyl adjacent to an activating group) is 1. The second-order valence-electron chi connectivity index (χ2n) is 7.51. The molecule has 29 heavy (non-hydrogen) atoms. The van der Waals surface area contributed by atoms with E-state index in [1.165, 1.54) is 4.70 Å². The number of fused-ring (bicyclic) bond motifs is 1. The summed E-state index contributed by atoms with van der Waals surface area (Å²) in [6.07, 6.45) is 3.17. The summed E-state index contributed by atoms with van der Waals surface area (Å²) >= 11 is 1.72.